The minimum absolute atomic E-state index is 0.0225. The first-order chi connectivity index (χ1) is 15.7. The van der Waals surface area contributed by atoms with Crippen molar-refractivity contribution >= 4 is 28.3 Å². The fourth-order valence-electron chi connectivity index (χ4n) is 4.21. The molecule has 1 atom stereocenters. The second-order valence-electron chi connectivity index (χ2n) is 7.98. The number of pyridine rings is 1. The zero-order valence-electron chi connectivity index (χ0n) is 17.5. The Morgan fingerprint density at radius 1 is 1.03 bits per heavy atom. The zero-order chi connectivity index (χ0) is 21.9. The van der Waals surface area contributed by atoms with Gasteiger partial charge in [0, 0.05) is 31.0 Å². The number of aromatic nitrogens is 3. The molecule has 2 aromatic heterocycles. The first-order valence-electron chi connectivity index (χ1n) is 10.7. The van der Waals surface area contributed by atoms with Crippen LogP contribution in [0.2, 0.25) is 0 Å². The van der Waals surface area contributed by atoms with E-state index in [-0.39, 0.29) is 17.7 Å². The van der Waals surface area contributed by atoms with E-state index in [1.165, 1.54) is 0 Å². The molecule has 1 aliphatic heterocycles. The van der Waals surface area contributed by atoms with Crippen molar-refractivity contribution in [3.8, 4) is 5.82 Å². The Morgan fingerprint density at radius 2 is 1.91 bits per heavy atom. The molecule has 1 fully saturated rings. The number of nitrogens with one attached hydrogen (secondary N) is 1. The van der Waals surface area contributed by atoms with Gasteiger partial charge in [-0.3, -0.25) is 14.2 Å². The molecule has 0 saturated carbocycles. The number of hydrogen-bond acceptors (Lipinski definition) is 4. The minimum Gasteiger partial charge on any atom is -0.338 e. The van der Waals surface area contributed by atoms with Gasteiger partial charge in [-0.05, 0) is 41.8 Å². The van der Waals surface area contributed by atoms with Crippen molar-refractivity contribution in [1.29, 1.82) is 0 Å². The quantitative estimate of drug-likeness (QED) is 0.538. The second-order valence-corrected chi connectivity index (χ2v) is 7.98. The maximum Gasteiger partial charge on any atom is 0.254 e. The summed E-state index contributed by atoms with van der Waals surface area (Å²) in [5.74, 6) is 0.365. The number of hydrogen-bond donors (Lipinski definition) is 1. The summed E-state index contributed by atoms with van der Waals surface area (Å²) >= 11 is 0. The maximum absolute atomic E-state index is 13.3. The van der Waals surface area contributed by atoms with E-state index >= 15 is 0 Å². The van der Waals surface area contributed by atoms with E-state index in [4.69, 9.17) is 0 Å². The van der Waals surface area contributed by atoms with Crippen molar-refractivity contribution in [2.75, 3.05) is 18.4 Å². The molecule has 1 saturated heterocycles. The normalized spacial score (nSPS) is 16.1. The van der Waals surface area contributed by atoms with Crippen LogP contribution in [0.5, 0.6) is 0 Å². The predicted molar refractivity (Wildman–Crippen MR) is 123 cm³/mol. The molecule has 1 aliphatic rings. The number of carbonyl (C=O) groups is 2. The largest absolute Gasteiger partial charge is 0.338 e. The fraction of sp³-hybridized carbons (Fsp3) is 0.200. The molecule has 4 aromatic rings. The third kappa shape index (κ3) is 3.97. The first kappa shape index (κ1) is 19.9. The van der Waals surface area contributed by atoms with Crippen LogP contribution in [0.1, 0.15) is 23.2 Å². The van der Waals surface area contributed by atoms with Gasteiger partial charge in [0.1, 0.15) is 12.1 Å². The number of rotatable bonds is 4. The second kappa shape index (κ2) is 8.63. The molecule has 2 amide bonds. The van der Waals surface area contributed by atoms with Gasteiger partial charge in [0.2, 0.25) is 5.91 Å². The Balaban J connectivity index is 1.27. The average Bonchev–Trinajstić information content (AvgIpc) is 3.39. The molecule has 0 spiro atoms. The summed E-state index contributed by atoms with van der Waals surface area (Å²) < 4.78 is 1.80. The van der Waals surface area contributed by atoms with E-state index in [0.717, 1.165) is 29.4 Å². The third-order valence-corrected chi connectivity index (χ3v) is 5.88. The molecule has 2 aromatic carbocycles. The Bertz CT molecular complexity index is 1250. The van der Waals surface area contributed by atoms with Crippen LogP contribution in [0.25, 0.3) is 16.6 Å². The standard InChI is InChI=1S/C25H23N5O2/c31-24(28-20-10-11-23(27-15-20)30-14-12-26-17-30)19-7-4-13-29(16-19)25(32)22-9-3-6-18-5-1-2-8-21(18)22/h1-3,5-6,8-12,14-15,17,19H,4,7,13,16H2,(H,28,31)/t19-/m1/s1. The minimum atomic E-state index is -0.254. The van der Waals surface area contributed by atoms with Gasteiger partial charge >= 0.3 is 0 Å². The molecule has 5 rings (SSSR count). The van der Waals surface area contributed by atoms with Crippen LogP contribution in [0.4, 0.5) is 5.69 Å². The third-order valence-electron chi connectivity index (χ3n) is 5.88. The van der Waals surface area contributed by atoms with E-state index in [2.05, 4.69) is 15.3 Å². The molecule has 7 heteroatoms. The van der Waals surface area contributed by atoms with E-state index in [9.17, 15) is 9.59 Å². The molecule has 1 N–H and O–H groups in total. The Labute approximate surface area is 185 Å². The van der Waals surface area contributed by atoms with Gasteiger partial charge in [-0.15, -0.1) is 0 Å². The van der Waals surface area contributed by atoms with Crippen LogP contribution < -0.4 is 5.32 Å². The van der Waals surface area contributed by atoms with Crippen LogP contribution in [-0.2, 0) is 4.79 Å². The zero-order valence-corrected chi connectivity index (χ0v) is 17.5. The molecule has 32 heavy (non-hydrogen) atoms. The monoisotopic (exact) mass is 425 g/mol. The first-order valence-corrected chi connectivity index (χ1v) is 10.7. The van der Waals surface area contributed by atoms with Gasteiger partial charge < -0.3 is 10.2 Å². The van der Waals surface area contributed by atoms with Crippen molar-refractivity contribution in [1.82, 2.24) is 19.4 Å². The van der Waals surface area contributed by atoms with Crippen LogP contribution >= 0.6 is 0 Å². The molecule has 3 heterocycles. The van der Waals surface area contributed by atoms with Gasteiger partial charge in [-0.2, -0.15) is 0 Å². The summed E-state index contributed by atoms with van der Waals surface area (Å²) in [6.45, 7) is 1.07. The Kier molecular flexibility index (Phi) is 5.37. The SMILES string of the molecule is O=C(Nc1ccc(-n2ccnc2)nc1)[C@@H]1CCCN(C(=O)c2cccc3ccccc23)C1. The number of anilines is 1. The number of imidazole rings is 1. The summed E-state index contributed by atoms with van der Waals surface area (Å²) in [5, 5.41) is 4.93. The van der Waals surface area contributed by atoms with Crippen molar-refractivity contribution in [3.63, 3.8) is 0 Å². The van der Waals surface area contributed by atoms with Gasteiger partial charge in [-0.25, -0.2) is 9.97 Å². The van der Waals surface area contributed by atoms with E-state index < -0.39 is 0 Å². The van der Waals surface area contributed by atoms with Crippen molar-refractivity contribution < 1.29 is 9.59 Å². The summed E-state index contributed by atoms with van der Waals surface area (Å²) in [6, 6.07) is 17.3. The van der Waals surface area contributed by atoms with Gasteiger partial charge in [0.15, 0.2) is 0 Å². The highest BCUT2D eigenvalue weighted by atomic mass is 16.2. The highest BCUT2D eigenvalue weighted by Gasteiger charge is 2.29. The van der Waals surface area contributed by atoms with Crippen molar-refractivity contribution in [2.24, 2.45) is 5.92 Å². The van der Waals surface area contributed by atoms with Gasteiger partial charge in [0.05, 0.1) is 17.8 Å². The lowest BCUT2D eigenvalue weighted by atomic mass is 9.95. The molecule has 0 radical (unpaired) electrons. The van der Waals surface area contributed by atoms with Crippen molar-refractivity contribution in [3.05, 3.63) is 85.1 Å². The molecule has 160 valence electrons. The number of amides is 2. The average molecular weight is 425 g/mol. The van der Waals surface area contributed by atoms with E-state index in [1.807, 2.05) is 60.8 Å². The molecule has 7 nitrogen and oxygen atoms in total. The molecule has 0 aliphatic carbocycles. The van der Waals surface area contributed by atoms with Crippen molar-refractivity contribution in [2.45, 2.75) is 12.8 Å². The molecule has 0 bridgehead atoms. The summed E-state index contributed by atoms with van der Waals surface area (Å²) in [5.41, 5.74) is 1.32. The molecule has 0 unspecified atom stereocenters. The lowest BCUT2D eigenvalue weighted by Gasteiger charge is -2.32. The number of nitrogens with zero attached hydrogens (tertiary/aromatic N) is 4. The summed E-state index contributed by atoms with van der Waals surface area (Å²) in [7, 11) is 0. The Hall–Kier alpha value is -4.00. The topological polar surface area (TPSA) is 80.1 Å². The van der Waals surface area contributed by atoms with Crippen LogP contribution in [0, 0.1) is 5.92 Å². The number of benzene rings is 2. The number of likely N-dealkylation sites (tertiary alicyclic amines) is 1. The lowest BCUT2D eigenvalue weighted by molar-refractivity contribution is -0.121. The summed E-state index contributed by atoms with van der Waals surface area (Å²) in [6.07, 6.45) is 8.35. The fourth-order valence-corrected chi connectivity index (χ4v) is 4.21. The molecular formula is C25H23N5O2. The molecular weight excluding hydrogens is 402 g/mol. The van der Waals surface area contributed by atoms with E-state index in [0.29, 0.717) is 24.3 Å². The van der Waals surface area contributed by atoms with Crippen LogP contribution in [0.3, 0.4) is 0 Å². The van der Waals surface area contributed by atoms with Gasteiger partial charge in [0.25, 0.3) is 5.91 Å². The number of piperidine rings is 1. The number of carbonyl (C=O) groups excluding carboxylic acids is 2. The predicted octanol–water partition coefficient (Wildman–Crippen LogP) is 3.91. The van der Waals surface area contributed by atoms with Crippen LogP contribution in [0.15, 0.2) is 79.5 Å². The highest BCUT2D eigenvalue weighted by Crippen LogP contribution is 2.24. The van der Waals surface area contributed by atoms with Gasteiger partial charge in [-0.1, -0.05) is 36.4 Å². The smallest absolute Gasteiger partial charge is 0.254 e. The van der Waals surface area contributed by atoms with Crippen LogP contribution in [-0.4, -0.2) is 44.3 Å². The number of fused-ring (bicyclic) bond motifs is 1. The maximum atomic E-state index is 13.3. The Morgan fingerprint density at radius 3 is 2.72 bits per heavy atom. The van der Waals surface area contributed by atoms with E-state index in [1.54, 1.807) is 28.2 Å². The summed E-state index contributed by atoms with van der Waals surface area (Å²) in [4.78, 5) is 36.4. The lowest BCUT2D eigenvalue weighted by Crippen LogP contribution is -2.43. The highest BCUT2D eigenvalue weighted by molar-refractivity contribution is 6.07.